The van der Waals surface area contributed by atoms with E-state index in [0.717, 1.165) is 29.7 Å². The molecule has 0 fully saturated rings. The summed E-state index contributed by atoms with van der Waals surface area (Å²) in [6.07, 6.45) is 0. The highest BCUT2D eigenvalue weighted by atomic mass is 32.1. The quantitative estimate of drug-likeness (QED) is 0.459. The molecule has 0 saturated carbocycles. The topological polar surface area (TPSA) is 71.7 Å². The first kappa shape index (κ1) is 19.9. The highest BCUT2D eigenvalue weighted by Crippen LogP contribution is 2.29. The average Bonchev–Trinajstić information content (AvgIpc) is 3.31. The maximum Gasteiger partial charge on any atom is 0.216 e. The number of methoxy groups -OCH3 is 1. The van der Waals surface area contributed by atoms with Crippen molar-refractivity contribution in [1.82, 2.24) is 15.6 Å². The highest BCUT2D eigenvalue weighted by Gasteiger charge is 2.07. The van der Waals surface area contributed by atoms with E-state index in [1.165, 1.54) is 15.3 Å². The summed E-state index contributed by atoms with van der Waals surface area (Å²) in [6.45, 7) is 7.80. The van der Waals surface area contributed by atoms with Gasteiger partial charge in [-0.1, -0.05) is 0 Å². The molecule has 2 aromatic heterocycles. The Kier molecular flexibility index (Phi) is 6.71. The van der Waals surface area contributed by atoms with Gasteiger partial charge in [0, 0.05) is 16.3 Å². The van der Waals surface area contributed by atoms with Gasteiger partial charge in [-0.15, -0.1) is 11.3 Å². The summed E-state index contributed by atoms with van der Waals surface area (Å²) in [7, 11) is 1.68. The van der Waals surface area contributed by atoms with Gasteiger partial charge in [-0.3, -0.25) is 0 Å². The predicted molar refractivity (Wildman–Crippen MR) is 114 cm³/mol. The minimum atomic E-state index is 0.408. The van der Waals surface area contributed by atoms with Gasteiger partial charge in [0.05, 0.1) is 19.3 Å². The summed E-state index contributed by atoms with van der Waals surface area (Å²) in [4.78, 5) is 11.4. The van der Waals surface area contributed by atoms with Crippen LogP contribution in [-0.2, 0) is 13.1 Å². The van der Waals surface area contributed by atoms with Gasteiger partial charge in [-0.05, 0) is 62.7 Å². The normalized spacial score (nSPS) is 11.5. The number of aryl methyl sites for hydroxylation is 2. The molecule has 0 bridgehead atoms. The van der Waals surface area contributed by atoms with Gasteiger partial charge in [-0.25, -0.2) is 9.98 Å². The van der Waals surface area contributed by atoms with E-state index in [0.29, 0.717) is 19.0 Å². The highest BCUT2D eigenvalue weighted by molar-refractivity contribution is 7.15. The van der Waals surface area contributed by atoms with Gasteiger partial charge in [-0.2, -0.15) is 0 Å². The van der Waals surface area contributed by atoms with Crippen molar-refractivity contribution in [1.29, 1.82) is 0 Å². The van der Waals surface area contributed by atoms with E-state index in [4.69, 9.17) is 9.15 Å². The third kappa shape index (κ3) is 5.13. The van der Waals surface area contributed by atoms with Gasteiger partial charge in [0.15, 0.2) is 5.96 Å². The Morgan fingerprint density at radius 3 is 2.57 bits per heavy atom. The molecule has 2 heterocycles. The summed E-state index contributed by atoms with van der Waals surface area (Å²) in [5, 5.41) is 6.63. The minimum absolute atomic E-state index is 0.408. The van der Waals surface area contributed by atoms with Crippen molar-refractivity contribution in [2.45, 2.75) is 33.9 Å². The molecule has 0 radical (unpaired) electrons. The summed E-state index contributed by atoms with van der Waals surface area (Å²) in [6, 6.07) is 12.4. The SMILES string of the molecule is CCNC(=NCc1nc(C)c(C)o1)NCc1ccc(-c2ccc(OC)cc2)s1. The summed E-state index contributed by atoms with van der Waals surface area (Å²) in [5.74, 6) is 3.08. The zero-order valence-corrected chi connectivity index (χ0v) is 17.5. The second-order valence-corrected chi connectivity index (χ2v) is 7.46. The Morgan fingerprint density at radius 1 is 1.14 bits per heavy atom. The Bertz CT molecular complexity index is 909. The molecule has 2 N–H and O–H groups in total. The molecule has 0 aliphatic rings. The number of thiophene rings is 1. The van der Waals surface area contributed by atoms with Crippen LogP contribution in [0.1, 0.15) is 29.1 Å². The number of rotatable bonds is 7. The monoisotopic (exact) mass is 398 g/mol. The summed E-state index contributed by atoms with van der Waals surface area (Å²) in [5.41, 5.74) is 2.10. The van der Waals surface area contributed by atoms with Crippen LogP contribution in [0.2, 0.25) is 0 Å². The molecule has 6 nitrogen and oxygen atoms in total. The van der Waals surface area contributed by atoms with Crippen molar-refractivity contribution in [3.63, 3.8) is 0 Å². The lowest BCUT2D eigenvalue weighted by Crippen LogP contribution is -2.36. The molecule has 28 heavy (non-hydrogen) atoms. The van der Waals surface area contributed by atoms with E-state index < -0.39 is 0 Å². The number of aliphatic imine (C=N–C) groups is 1. The van der Waals surface area contributed by atoms with E-state index in [9.17, 15) is 0 Å². The number of hydrogen-bond acceptors (Lipinski definition) is 5. The molecule has 0 amide bonds. The molecular weight excluding hydrogens is 372 g/mol. The van der Waals surface area contributed by atoms with Crippen LogP contribution >= 0.6 is 11.3 Å². The number of ether oxygens (including phenoxy) is 1. The van der Waals surface area contributed by atoms with Crippen molar-refractivity contribution in [3.8, 4) is 16.2 Å². The lowest BCUT2D eigenvalue weighted by atomic mass is 10.2. The molecule has 0 atom stereocenters. The first-order valence-electron chi connectivity index (χ1n) is 9.27. The first-order chi connectivity index (χ1) is 13.6. The van der Waals surface area contributed by atoms with Gasteiger partial charge < -0.3 is 19.8 Å². The Hall–Kier alpha value is -2.80. The van der Waals surface area contributed by atoms with Crippen LogP contribution in [0.3, 0.4) is 0 Å². The molecule has 0 aliphatic heterocycles. The maximum absolute atomic E-state index is 5.59. The standard InChI is InChI=1S/C21H26N4O2S/c1-5-22-21(24-13-20-25-14(2)15(3)27-20)23-12-18-10-11-19(28-18)16-6-8-17(26-4)9-7-16/h6-11H,5,12-13H2,1-4H3,(H2,22,23,24). The third-order valence-corrected chi connectivity index (χ3v) is 5.39. The van der Waals surface area contributed by atoms with E-state index in [1.54, 1.807) is 18.4 Å². The fourth-order valence-electron chi connectivity index (χ4n) is 2.65. The summed E-state index contributed by atoms with van der Waals surface area (Å²) >= 11 is 1.76. The number of benzene rings is 1. The second-order valence-electron chi connectivity index (χ2n) is 6.29. The molecule has 0 aliphatic carbocycles. The zero-order chi connectivity index (χ0) is 19.9. The van der Waals surface area contributed by atoms with Crippen LogP contribution < -0.4 is 15.4 Å². The first-order valence-corrected chi connectivity index (χ1v) is 10.1. The van der Waals surface area contributed by atoms with Crippen molar-refractivity contribution in [2.75, 3.05) is 13.7 Å². The predicted octanol–water partition coefficient (Wildman–Crippen LogP) is 4.28. The minimum Gasteiger partial charge on any atom is -0.497 e. The lowest BCUT2D eigenvalue weighted by Gasteiger charge is -2.09. The Balaban J connectivity index is 1.61. The number of aromatic nitrogens is 1. The average molecular weight is 399 g/mol. The molecule has 7 heteroatoms. The van der Waals surface area contributed by atoms with Crippen LogP contribution in [0.4, 0.5) is 0 Å². The number of hydrogen-bond donors (Lipinski definition) is 2. The number of nitrogens with zero attached hydrogens (tertiary/aromatic N) is 2. The van der Waals surface area contributed by atoms with E-state index in [1.807, 2.05) is 32.9 Å². The molecule has 148 valence electrons. The lowest BCUT2D eigenvalue weighted by molar-refractivity contribution is 0.415. The molecule has 0 unspecified atom stereocenters. The number of nitrogens with one attached hydrogen (secondary N) is 2. The smallest absolute Gasteiger partial charge is 0.216 e. The van der Waals surface area contributed by atoms with Crippen LogP contribution in [-0.4, -0.2) is 24.6 Å². The van der Waals surface area contributed by atoms with Crippen LogP contribution in [0.25, 0.3) is 10.4 Å². The molecule has 3 rings (SSSR count). The zero-order valence-electron chi connectivity index (χ0n) is 16.7. The van der Waals surface area contributed by atoms with Gasteiger partial charge in [0.1, 0.15) is 18.1 Å². The van der Waals surface area contributed by atoms with Crippen LogP contribution in [0.15, 0.2) is 45.8 Å². The van der Waals surface area contributed by atoms with E-state index in [-0.39, 0.29) is 0 Å². The van der Waals surface area contributed by atoms with E-state index >= 15 is 0 Å². The molecule has 3 aromatic rings. The van der Waals surface area contributed by atoms with Gasteiger partial charge in [0.25, 0.3) is 0 Å². The molecule has 0 spiro atoms. The second kappa shape index (κ2) is 9.41. The molecular formula is C21H26N4O2S. The fourth-order valence-corrected chi connectivity index (χ4v) is 3.60. The number of oxazole rings is 1. The largest absolute Gasteiger partial charge is 0.497 e. The van der Waals surface area contributed by atoms with Crippen molar-refractivity contribution >= 4 is 17.3 Å². The molecule has 0 saturated heterocycles. The molecule has 1 aromatic carbocycles. The summed E-state index contributed by atoms with van der Waals surface area (Å²) < 4.78 is 10.8. The Morgan fingerprint density at radius 2 is 1.93 bits per heavy atom. The van der Waals surface area contributed by atoms with E-state index in [2.05, 4.69) is 44.9 Å². The number of guanidine groups is 1. The third-order valence-electron chi connectivity index (χ3n) is 4.26. The van der Waals surface area contributed by atoms with Gasteiger partial charge >= 0.3 is 0 Å². The van der Waals surface area contributed by atoms with Crippen molar-refractivity contribution < 1.29 is 9.15 Å². The maximum atomic E-state index is 5.59. The van der Waals surface area contributed by atoms with Crippen molar-refractivity contribution in [2.24, 2.45) is 4.99 Å². The Labute approximate surface area is 169 Å². The van der Waals surface area contributed by atoms with Crippen LogP contribution in [0.5, 0.6) is 5.75 Å². The van der Waals surface area contributed by atoms with Gasteiger partial charge in [0.2, 0.25) is 5.89 Å². The van der Waals surface area contributed by atoms with Crippen LogP contribution in [0, 0.1) is 13.8 Å². The van der Waals surface area contributed by atoms with Crippen molar-refractivity contribution in [3.05, 3.63) is 58.6 Å². The fraction of sp³-hybridized carbons (Fsp3) is 0.333.